The Labute approximate surface area is 177 Å². The van der Waals surface area contributed by atoms with Gasteiger partial charge in [0.25, 0.3) is 0 Å². The molecule has 1 heterocycles. The van der Waals surface area contributed by atoms with Gasteiger partial charge < -0.3 is 11.1 Å². The van der Waals surface area contributed by atoms with Gasteiger partial charge in [0, 0.05) is 23.9 Å². The quantitative estimate of drug-likeness (QED) is 0.647. The van der Waals surface area contributed by atoms with E-state index in [2.05, 4.69) is 17.4 Å². The Morgan fingerprint density at radius 3 is 2.31 bits per heavy atom. The van der Waals surface area contributed by atoms with Crippen LogP contribution in [0.1, 0.15) is 36.8 Å². The van der Waals surface area contributed by atoms with Crippen LogP contribution in [0.3, 0.4) is 0 Å². The molecule has 1 amide bonds. The minimum Gasteiger partial charge on any atom is -0.350 e. The molecule has 1 aliphatic carbocycles. The number of hydrogen-bond acceptors (Lipinski definition) is 3. The molecule has 1 fully saturated rings. The van der Waals surface area contributed by atoms with E-state index in [1.54, 1.807) is 0 Å². The van der Waals surface area contributed by atoms with Gasteiger partial charge >= 0.3 is 0 Å². The van der Waals surface area contributed by atoms with Crippen molar-refractivity contribution in [1.82, 2.24) is 15.1 Å². The summed E-state index contributed by atoms with van der Waals surface area (Å²) in [6, 6.07) is 20.3. The molecular formula is C23H27ClN4O. The molecule has 3 aromatic rings. The van der Waals surface area contributed by atoms with Crippen LogP contribution < -0.4 is 11.1 Å². The lowest BCUT2D eigenvalue weighted by atomic mass is 9.98. The topological polar surface area (TPSA) is 72.9 Å². The Morgan fingerprint density at radius 2 is 1.66 bits per heavy atom. The maximum Gasteiger partial charge on any atom is 0.240 e. The van der Waals surface area contributed by atoms with Gasteiger partial charge in [-0.2, -0.15) is 5.10 Å². The normalized spacial score (nSPS) is 14.9. The maximum absolute atomic E-state index is 12.6. The van der Waals surface area contributed by atoms with E-state index < -0.39 is 5.54 Å². The minimum absolute atomic E-state index is 0. The molecule has 0 atom stereocenters. The smallest absolute Gasteiger partial charge is 0.240 e. The molecule has 1 saturated carbocycles. The molecule has 0 saturated heterocycles. The van der Waals surface area contributed by atoms with Gasteiger partial charge in [0.2, 0.25) is 5.91 Å². The third-order valence-corrected chi connectivity index (χ3v) is 5.46. The van der Waals surface area contributed by atoms with Gasteiger partial charge in [0.15, 0.2) is 0 Å². The van der Waals surface area contributed by atoms with Crippen molar-refractivity contribution in [3.05, 3.63) is 78.0 Å². The van der Waals surface area contributed by atoms with Crippen LogP contribution in [-0.4, -0.2) is 21.2 Å². The summed E-state index contributed by atoms with van der Waals surface area (Å²) in [7, 11) is 0. The highest BCUT2D eigenvalue weighted by Gasteiger charge is 2.36. The highest BCUT2D eigenvalue weighted by atomic mass is 35.5. The number of carbonyl (C=O) groups is 1. The number of carbonyl (C=O) groups excluding carboxylic acids is 1. The lowest BCUT2D eigenvalue weighted by Gasteiger charge is -2.22. The molecule has 29 heavy (non-hydrogen) atoms. The largest absolute Gasteiger partial charge is 0.350 e. The number of nitrogens with two attached hydrogens (primary N) is 1. The number of nitrogens with one attached hydrogen (secondary N) is 1. The number of amides is 1. The van der Waals surface area contributed by atoms with Crippen LogP contribution in [0.5, 0.6) is 0 Å². The van der Waals surface area contributed by atoms with Gasteiger partial charge in [0.1, 0.15) is 0 Å². The molecule has 0 spiro atoms. The van der Waals surface area contributed by atoms with Crippen LogP contribution in [-0.2, 0) is 17.9 Å². The maximum atomic E-state index is 12.6. The Hall–Kier alpha value is -2.63. The minimum atomic E-state index is -0.715. The summed E-state index contributed by atoms with van der Waals surface area (Å²) in [5.41, 5.74) is 9.70. The first-order valence-electron chi connectivity index (χ1n) is 9.87. The van der Waals surface area contributed by atoms with Crippen molar-refractivity contribution in [3.8, 4) is 11.3 Å². The molecule has 1 aliphatic rings. The van der Waals surface area contributed by atoms with Crippen molar-refractivity contribution in [2.75, 3.05) is 0 Å². The van der Waals surface area contributed by atoms with Crippen LogP contribution in [0.25, 0.3) is 11.3 Å². The predicted octanol–water partition coefficient (Wildman–Crippen LogP) is 3.91. The number of rotatable bonds is 6. The van der Waals surface area contributed by atoms with Gasteiger partial charge in [-0.3, -0.25) is 9.48 Å². The zero-order valence-corrected chi connectivity index (χ0v) is 17.2. The van der Waals surface area contributed by atoms with Crippen molar-refractivity contribution >= 4 is 18.3 Å². The van der Waals surface area contributed by atoms with Gasteiger partial charge in [0.05, 0.1) is 17.8 Å². The lowest BCUT2D eigenvalue weighted by Crippen LogP contribution is -2.51. The Morgan fingerprint density at radius 1 is 1.03 bits per heavy atom. The van der Waals surface area contributed by atoms with Crippen LogP contribution in [0.15, 0.2) is 66.9 Å². The van der Waals surface area contributed by atoms with E-state index in [4.69, 9.17) is 10.8 Å². The summed E-state index contributed by atoms with van der Waals surface area (Å²) in [5, 5.41) is 7.85. The molecule has 5 nitrogen and oxygen atoms in total. The van der Waals surface area contributed by atoms with Crippen LogP contribution >= 0.6 is 12.4 Å². The number of halogens is 1. The summed E-state index contributed by atoms with van der Waals surface area (Å²) in [5.74, 6) is -0.0557. The molecule has 3 N–H and O–H groups in total. The van der Waals surface area contributed by atoms with E-state index in [0.717, 1.165) is 42.5 Å². The van der Waals surface area contributed by atoms with E-state index >= 15 is 0 Å². The van der Waals surface area contributed by atoms with E-state index in [1.165, 1.54) is 5.56 Å². The van der Waals surface area contributed by atoms with E-state index in [9.17, 15) is 4.79 Å². The highest BCUT2D eigenvalue weighted by molar-refractivity contribution is 5.86. The summed E-state index contributed by atoms with van der Waals surface area (Å²) in [4.78, 5) is 12.6. The molecular weight excluding hydrogens is 384 g/mol. The Balaban J connectivity index is 0.00000240. The third-order valence-electron chi connectivity index (χ3n) is 5.46. The zero-order chi connectivity index (χ0) is 19.4. The monoisotopic (exact) mass is 410 g/mol. The second kappa shape index (κ2) is 9.25. The zero-order valence-electron chi connectivity index (χ0n) is 16.4. The fourth-order valence-corrected chi connectivity index (χ4v) is 3.87. The van der Waals surface area contributed by atoms with Crippen LogP contribution in [0, 0.1) is 0 Å². The predicted molar refractivity (Wildman–Crippen MR) is 118 cm³/mol. The molecule has 0 unspecified atom stereocenters. The summed E-state index contributed by atoms with van der Waals surface area (Å²) in [6.45, 7) is 1.12. The van der Waals surface area contributed by atoms with Crippen molar-refractivity contribution < 1.29 is 4.79 Å². The first kappa shape index (κ1) is 21.1. The van der Waals surface area contributed by atoms with Crippen LogP contribution in [0.4, 0.5) is 0 Å². The average Bonchev–Trinajstić information content (AvgIpc) is 3.35. The molecule has 1 aromatic heterocycles. The van der Waals surface area contributed by atoms with Gasteiger partial charge in [-0.05, 0) is 18.4 Å². The Kier molecular flexibility index (Phi) is 6.72. The Bertz CT molecular complexity index is 934. The highest BCUT2D eigenvalue weighted by Crippen LogP contribution is 2.28. The van der Waals surface area contributed by atoms with Gasteiger partial charge in [-0.15, -0.1) is 12.4 Å². The SMILES string of the molecule is Cl.NC1(C(=O)NCc2cn(Cc3ccccc3)nc2-c2ccccc2)CCCC1. The van der Waals surface area contributed by atoms with Crippen molar-refractivity contribution in [1.29, 1.82) is 0 Å². The molecule has 4 rings (SSSR count). The van der Waals surface area contributed by atoms with Gasteiger partial charge in [-0.25, -0.2) is 0 Å². The van der Waals surface area contributed by atoms with E-state index in [1.807, 2.05) is 59.4 Å². The molecule has 0 bridgehead atoms. The molecule has 0 radical (unpaired) electrons. The first-order chi connectivity index (χ1) is 13.6. The summed E-state index contributed by atoms with van der Waals surface area (Å²) >= 11 is 0. The number of hydrogen-bond donors (Lipinski definition) is 2. The van der Waals surface area contributed by atoms with Crippen molar-refractivity contribution in [3.63, 3.8) is 0 Å². The molecule has 2 aromatic carbocycles. The first-order valence-corrected chi connectivity index (χ1v) is 9.87. The van der Waals surface area contributed by atoms with Gasteiger partial charge in [-0.1, -0.05) is 73.5 Å². The van der Waals surface area contributed by atoms with Crippen molar-refractivity contribution in [2.45, 2.75) is 44.3 Å². The third kappa shape index (κ3) is 4.86. The van der Waals surface area contributed by atoms with E-state index in [0.29, 0.717) is 13.1 Å². The second-order valence-electron chi connectivity index (χ2n) is 7.60. The molecule has 6 heteroatoms. The summed E-state index contributed by atoms with van der Waals surface area (Å²) < 4.78 is 1.94. The molecule has 152 valence electrons. The summed E-state index contributed by atoms with van der Waals surface area (Å²) in [6.07, 6.45) is 5.59. The lowest BCUT2D eigenvalue weighted by molar-refractivity contribution is -0.126. The van der Waals surface area contributed by atoms with Crippen LogP contribution in [0.2, 0.25) is 0 Å². The number of benzene rings is 2. The fraction of sp³-hybridized carbons (Fsp3) is 0.304. The molecule has 0 aliphatic heterocycles. The standard InChI is InChI=1S/C23H26N4O.ClH/c24-23(13-7-8-14-23)22(28)25-15-20-17-27(16-18-9-3-1-4-10-18)26-21(20)19-11-5-2-6-12-19;/h1-6,9-12,17H,7-8,13-16,24H2,(H,25,28);1H. The van der Waals surface area contributed by atoms with E-state index in [-0.39, 0.29) is 18.3 Å². The fourth-order valence-electron chi connectivity index (χ4n) is 3.87. The number of aromatic nitrogens is 2. The second-order valence-corrected chi connectivity index (χ2v) is 7.60. The average molecular weight is 411 g/mol. The van der Waals surface area contributed by atoms with Crippen molar-refractivity contribution in [2.24, 2.45) is 5.73 Å². The number of nitrogens with zero attached hydrogens (tertiary/aromatic N) is 2.